The van der Waals surface area contributed by atoms with Crippen molar-refractivity contribution >= 4 is 27.8 Å². The van der Waals surface area contributed by atoms with Gasteiger partial charge in [-0.3, -0.25) is 5.14 Å². The Hall–Kier alpha value is -3.07. The van der Waals surface area contributed by atoms with Crippen LogP contribution in [0.4, 0.5) is 5.82 Å². The van der Waals surface area contributed by atoms with E-state index in [2.05, 4.69) is 22.2 Å². The van der Waals surface area contributed by atoms with Crippen molar-refractivity contribution in [1.29, 1.82) is 0 Å². The molecule has 5 rings (SSSR count). The van der Waals surface area contributed by atoms with E-state index in [1.807, 2.05) is 68.4 Å². The fourth-order valence-electron chi connectivity index (χ4n) is 5.08. The first kappa shape index (κ1) is 24.6. The highest BCUT2D eigenvalue weighted by molar-refractivity contribution is 7.84. The molecule has 1 saturated heterocycles. The van der Waals surface area contributed by atoms with Gasteiger partial charge in [0.15, 0.2) is 5.58 Å². The van der Waals surface area contributed by atoms with Gasteiger partial charge in [0, 0.05) is 29.7 Å². The summed E-state index contributed by atoms with van der Waals surface area (Å²) in [4.78, 5) is 7.07. The molecule has 0 spiro atoms. The largest absolute Gasteiger partial charge is 0.391 e. The Morgan fingerprint density at radius 1 is 1.14 bits per heavy atom. The summed E-state index contributed by atoms with van der Waals surface area (Å²) in [6, 6.07) is 22.1. The van der Waals surface area contributed by atoms with Crippen LogP contribution in [-0.2, 0) is 17.4 Å². The molecule has 0 saturated carbocycles. The van der Waals surface area contributed by atoms with Crippen LogP contribution in [0.5, 0.6) is 0 Å². The first-order valence-corrected chi connectivity index (χ1v) is 13.5. The van der Waals surface area contributed by atoms with Crippen LogP contribution < -0.4 is 10.0 Å². The number of pyridine rings is 1. The normalized spacial score (nSPS) is 18.0. The molecule has 2 aromatic carbocycles. The standard InChI is InChI=1S/C28H32N4O3S/c1-28(2,36(29)34)17-19(16-20-8-7-13-26(30-20)32-15-14-21(33)18-32)22-9-3-4-10-23(22)27-24-11-5-6-12-25(24)35-31-27/h3-13,19,21,33H,14-18,29H2,1-2H3/t19-,21+,36?/m0/s1. The number of para-hydroxylation sites is 1. The first-order valence-electron chi connectivity index (χ1n) is 12.3. The minimum Gasteiger partial charge on any atom is -0.391 e. The zero-order valence-corrected chi connectivity index (χ0v) is 21.4. The second kappa shape index (κ2) is 10.1. The number of fused-ring (bicyclic) bond motifs is 1. The maximum absolute atomic E-state index is 12.4. The number of hydrogen-bond acceptors (Lipinski definition) is 6. The van der Waals surface area contributed by atoms with Crippen molar-refractivity contribution in [3.63, 3.8) is 0 Å². The Kier molecular flexibility index (Phi) is 6.92. The third-order valence-electron chi connectivity index (χ3n) is 7.05. The van der Waals surface area contributed by atoms with Crippen LogP contribution in [0.1, 0.15) is 43.9 Å². The fourth-order valence-corrected chi connectivity index (χ4v) is 5.44. The summed E-state index contributed by atoms with van der Waals surface area (Å²) in [7, 11) is -1.49. The second-order valence-corrected chi connectivity index (χ2v) is 11.9. The number of nitrogens with zero attached hydrogens (tertiary/aromatic N) is 3. The van der Waals surface area contributed by atoms with Crippen molar-refractivity contribution in [3.05, 3.63) is 78.0 Å². The van der Waals surface area contributed by atoms with Crippen molar-refractivity contribution < 1.29 is 13.8 Å². The van der Waals surface area contributed by atoms with Crippen LogP contribution in [0.2, 0.25) is 0 Å². The summed E-state index contributed by atoms with van der Waals surface area (Å²) in [5, 5.41) is 21.3. The van der Waals surface area contributed by atoms with Gasteiger partial charge >= 0.3 is 0 Å². The van der Waals surface area contributed by atoms with Crippen molar-refractivity contribution in [2.45, 2.75) is 49.9 Å². The van der Waals surface area contributed by atoms with Gasteiger partial charge in [-0.05, 0) is 68.9 Å². The monoisotopic (exact) mass is 504 g/mol. The van der Waals surface area contributed by atoms with Crippen LogP contribution >= 0.6 is 0 Å². The van der Waals surface area contributed by atoms with Crippen molar-refractivity contribution in [2.24, 2.45) is 5.14 Å². The predicted octanol–water partition coefficient (Wildman–Crippen LogP) is 4.58. The molecule has 3 N–H and O–H groups in total. The third kappa shape index (κ3) is 5.07. The van der Waals surface area contributed by atoms with Gasteiger partial charge in [-0.15, -0.1) is 0 Å². The molecule has 8 heteroatoms. The molecule has 0 bridgehead atoms. The molecule has 3 atom stereocenters. The van der Waals surface area contributed by atoms with Gasteiger partial charge in [0.2, 0.25) is 0 Å². The lowest BCUT2D eigenvalue weighted by atomic mass is 9.83. The van der Waals surface area contributed by atoms with Gasteiger partial charge in [-0.2, -0.15) is 0 Å². The van der Waals surface area contributed by atoms with Gasteiger partial charge in [0.25, 0.3) is 0 Å². The Balaban J connectivity index is 1.55. The molecule has 2 aromatic heterocycles. The Morgan fingerprint density at radius 2 is 1.92 bits per heavy atom. The minimum absolute atomic E-state index is 0.00826. The molecule has 4 aromatic rings. The zero-order valence-electron chi connectivity index (χ0n) is 20.6. The summed E-state index contributed by atoms with van der Waals surface area (Å²) in [5.41, 5.74) is 4.57. The van der Waals surface area contributed by atoms with Gasteiger partial charge in [0.1, 0.15) is 11.5 Å². The quantitative estimate of drug-likeness (QED) is 0.364. The highest BCUT2D eigenvalue weighted by Crippen LogP contribution is 2.39. The van der Waals surface area contributed by atoms with Gasteiger partial charge in [-0.25, -0.2) is 9.19 Å². The average Bonchev–Trinajstić information content (AvgIpc) is 3.50. The van der Waals surface area contributed by atoms with Crippen LogP contribution in [-0.4, -0.2) is 43.4 Å². The summed E-state index contributed by atoms with van der Waals surface area (Å²) >= 11 is 0. The van der Waals surface area contributed by atoms with Crippen molar-refractivity contribution in [1.82, 2.24) is 10.1 Å². The molecule has 36 heavy (non-hydrogen) atoms. The van der Waals surface area contributed by atoms with Crippen LogP contribution in [0.25, 0.3) is 22.2 Å². The lowest BCUT2D eigenvalue weighted by Crippen LogP contribution is -2.34. The first-order chi connectivity index (χ1) is 17.3. The molecular formula is C28H32N4O3S. The molecule has 0 aliphatic carbocycles. The van der Waals surface area contributed by atoms with E-state index in [1.165, 1.54) is 0 Å². The maximum Gasteiger partial charge on any atom is 0.167 e. The molecule has 1 fully saturated rings. The Bertz CT molecular complexity index is 1390. The molecule has 0 radical (unpaired) electrons. The zero-order chi connectivity index (χ0) is 25.3. The molecule has 0 amide bonds. The molecule has 1 unspecified atom stereocenters. The van der Waals surface area contributed by atoms with E-state index in [1.54, 1.807) is 0 Å². The van der Waals surface area contributed by atoms with Crippen LogP contribution in [0, 0.1) is 0 Å². The van der Waals surface area contributed by atoms with E-state index < -0.39 is 15.7 Å². The SMILES string of the molecule is CC(C)(C[C@H](Cc1cccc(N2CC[C@@H](O)C2)n1)c1ccccc1-c1noc2ccccc12)S(N)=O. The number of hydrogen-bond donors (Lipinski definition) is 2. The minimum atomic E-state index is -1.49. The smallest absolute Gasteiger partial charge is 0.167 e. The van der Waals surface area contributed by atoms with Crippen molar-refractivity contribution in [2.75, 3.05) is 18.0 Å². The second-order valence-electron chi connectivity index (χ2n) is 10.2. The Labute approximate surface area is 213 Å². The summed E-state index contributed by atoms with van der Waals surface area (Å²) in [6.45, 7) is 5.28. The topological polar surface area (TPSA) is 105 Å². The molecule has 1 aliphatic heterocycles. The molecule has 188 valence electrons. The number of aliphatic hydroxyl groups excluding tert-OH is 1. The van der Waals surface area contributed by atoms with Crippen LogP contribution in [0.3, 0.4) is 0 Å². The van der Waals surface area contributed by atoms with E-state index in [9.17, 15) is 9.32 Å². The highest BCUT2D eigenvalue weighted by Gasteiger charge is 2.31. The highest BCUT2D eigenvalue weighted by atomic mass is 32.2. The van der Waals surface area contributed by atoms with E-state index in [0.717, 1.165) is 52.3 Å². The van der Waals surface area contributed by atoms with Crippen molar-refractivity contribution in [3.8, 4) is 11.3 Å². The van der Waals surface area contributed by atoms with Gasteiger partial charge in [-0.1, -0.05) is 47.6 Å². The number of nitrogens with two attached hydrogens (primary N) is 1. The van der Waals surface area contributed by atoms with E-state index >= 15 is 0 Å². The molecule has 3 heterocycles. The Morgan fingerprint density at radius 3 is 2.69 bits per heavy atom. The van der Waals surface area contributed by atoms with E-state index in [-0.39, 0.29) is 12.0 Å². The van der Waals surface area contributed by atoms with Gasteiger partial charge < -0.3 is 14.5 Å². The average molecular weight is 505 g/mol. The van der Waals surface area contributed by atoms with E-state index in [4.69, 9.17) is 14.6 Å². The van der Waals surface area contributed by atoms with E-state index in [0.29, 0.717) is 19.4 Å². The summed E-state index contributed by atoms with van der Waals surface area (Å²) in [6.07, 6.45) is 1.70. The summed E-state index contributed by atoms with van der Waals surface area (Å²) < 4.78 is 17.5. The molecule has 7 nitrogen and oxygen atoms in total. The number of anilines is 1. The number of aromatic nitrogens is 2. The molecule has 1 aliphatic rings. The van der Waals surface area contributed by atoms with Crippen LogP contribution in [0.15, 0.2) is 71.3 Å². The van der Waals surface area contributed by atoms with Gasteiger partial charge in [0.05, 0.1) is 21.8 Å². The maximum atomic E-state index is 12.4. The lowest BCUT2D eigenvalue weighted by Gasteiger charge is -2.29. The lowest BCUT2D eigenvalue weighted by molar-refractivity contribution is 0.198. The summed E-state index contributed by atoms with van der Waals surface area (Å²) in [5.74, 6) is 0.867. The molecular weight excluding hydrogens is 472 g/mol. The fraction of sp³-hybridized carbons (Fsp3) is 0.357. The number of benzene rings is 2. The number of rotatable bonds is 8. The number of β-amino-alcohol motifs (C(OH)–C–C–N with tert-alkyl or cyclic N) is 1. The predicted molar refractivity (Wildman–Crippen MR) is 144 cm³/mol. The number of aliphatic hydroxyl groups is 1. The third-order valence-corrected chi connectivity index (χ3v) is 8.31.